The van der Waals surface area contributed by atoms with Crippen molar-refractivity contribution in [1.29, 1.82) is 0 Å². The smallest absolute Gasteiger partial charge is 0.215 e. The number of carbonyl (C=O) groups is 1. The molecule has 0 atom stereocenters. The number of ketones is 1. The van der Waals surface area contributed by atoms with Gasteiger partial charge in [-0.25, -0.2) is 13.8 Å². The summed E-state index contributed by atoms with van der Waals surface area (Å²) in [6.07, 6.45) is 3.90. The summed E-state index contributed by atoms with van der Waals surface area (Å²) in [4.78, 5) is 19.1. The van der Waals surface area contributed by atoms with Gasteiger partial charge in [-0.15, -0.1) is 0 Å². The van der Waals surface area contributed by atoms with Gasteiger partial charge in [0.15, 0.2) is 0 Å². The Morgan fingerprint density at radius 3 is 2.69 bits per heavy atom. The molecule has 0 bridgehead atoms. The zero-order valence-corrected chi connectivity index (χ0v) is 8.02. The van der Waals surface area contributed by atoms with Gasteiger partial charge in [0.1, 0.15) is 17.3 Å². The Bertz CT molecular complexity index is 529. The van der Waals surface area contributed by atoms with E-state index in [1.165, 1.54) is 18.6 Å². The van der Waals surface area contributed by atoms with Gasteiger partial charge in [-0.1, -0.05) is 0 Å². The normalized spacial score (nSPS) is 10.1. The van der Waals surface area contributed by atoms with Crippen LogP contribution >= 0.6 is 0 Å². The van der Waals surface area contributed by atoms with Crippen molar-refractivity contribution in [2.24, 2.45) is 0 Å². The summed E-state index contributed by atoms with van der Waals surface area (Å²) in [5, 5.41) is 0. The Labute approximate surface area is 89.8 Å². The van der Waals surface area contributed by atoms with E-state index >= 15 is 0 Å². The number of nitrogens with zero attached hydrogens (tertiary/aromatic N) is 2. The van der Waals surface area contributed by atoms with E-state index in [0.717, 1.165) is 18.2 Å². The molecule has 0 aliphatic heterocycles. The molecule has 0 fully saturated rings. The molecule has 0 N–H and O–H groups in total. The Kier molecular flexibility index (Phi) is 2.68. The lowest BCUT2D eigenvalue weighted by molar-refractivity contribution is 0.102. The van der Waals surface area contributed by atoms with E-state index in [1.807, 2.05) is 0 Å². The Morgan fingerprint density at radius 1 is 1.19 bits per heavy atom. The van der Waals surface area contributed by atoms with E-state index < -0.39 is 17.4 Å². The van der Waals surface area contributed by atoms with Crippen molar-refractivity contribution in [2.75, 3.05) is 0 Å². The fourth-order valence-corrected chi connectivity index (χ4v) is 1.23. The molecule has 0 unspecified atom stereocenters. The first-order chi connectivity index (χ1) is 7.68. The molecule has 80 valence electrons. The van der Waals surface area contributed by atoms with Gasteiger partial charge < -0.3 is 0 Å². The first kappa shape index (κ1) is 10.4. The van der Waals surface area contributed by atoms with Crippen molar-refractivity contribution in [3.8, 4) is 0 Å². The first-order valence-corrected chi connectivity index (χ1v) is 4.44. The summed E-state index contributed by atoms with van der Waals surface area (Å²) >= 11 is 0. The van der Waals surface area contributed by atoms with Crippen molar-refractivity contribution in [3.63, 3.8) is 0 Å². The molecule has 0 aliphatic carbocycles. The van der Waals surface area contributed by atoms with E-state index in [-0.39, 0.29) is 11.3 Å². The summed E-state index contributed by atoms with van der Waals surface area (Å²) in [5.41, 5.74) is -0.368. The molecule has 5 heteroatoms. The number of aromatic nitrogens is 2. The van der Waals surface area contributed by atoms with Crippen molar-refractivity contribution < 1.29 is 13.6 Å². The third kappa shape index (κ3) is 1.93. The molecule has 3 nitrogen and oxygen atoms in total. The van der Waals surface area contributed by atoms with E-state index in [1.54, 1.807) is 0 Å². The summed E-state index contributed by atoms with van der Waals surface area (Å²) in [6, 6.07) is 2.69. The van der Waals surface area contributed by atoms with Crippen LogP contribution in [0.5, 0.6) is 0 Å². The highest BCUT2D eigenvalue weighted by Gasteiger charge is 2.15. The summed E-state index contributed by atoms with van der Waals surface area (Å²) in [5.74, 6) is -2.14. The van der Waals surface area contributed by atoms with Crippen LogP contribution in [0.15, 0.2) is 36.8 Å². The highest BCUT2D eigenvalue weighted by atomic mass is 19.1. The molecule has 0 saturated heterocycles. The summed E-state index contributed by atoms with van der Waals surface area (Å²) in [7, 11) is 0. The van der Waals surface area contributed by atoms with Crippen LogP contribution in [0, 0.1) is 11.6 Å². The molecule has 16 heavy (non-hydrogen) atoms. The van der Waals surface area contributed by atoms with Gasteiger partial charge in [0.2, 0.25) is 5.78 Å². The maximum absolute atomic E-state index is 13.3. The lowest BCUT2D eigenvalue weighted by Gasteiger charge is -2.01. The van der Waals surface area contributed by atoms with E-state index in [2.05, 4.69) is 9.97 Å². The first-order valence-electron chi connectivity index (χ1n) is 4.44. The van der Waals surface area contributed by atoms with Gasteiger partial charge in [-0.2, -0.15) is 0 Å². The summed E-state index contributed by atoms with van der Waals surface area (Å²) < 4.78 is 26.1. The maximum atomic E-state index is 13.3. The molecule has 1 aromatic carbocycles. The molecular weight excluding hydrogens is 214 g/mol. The Balaban J connectivity index is 2.46. The average Bonchev–Trinajstić information content (AvgIpc) is 2.32. The maximum Gasteiger partial charge on any atom is 0.215 e. The standard InChI is InChI=1S/C11H6F2N2O/c12-7-1-2-9(13)8(5-7)11(16)10-6-14-3-4-15-10/h1-6H. The largest absolute Gasteiger partial charge is 0.287 e. The predicted octanol–water partition coefficient (Wildman–Crippen LogP) is 1.99. The second kappa shape index (κ2) is 4.14. The zero-order chi connectivity index (χ0) is 11.5. The summed E-state index contributed by atoms with van der Waals surface area (Å²) in [6.45, 7) is 0. The molecule has 2 rings (SSSR count). The predicted molar refractivity (Wildman–Crippen MR) is 51.8 cm³/mol. The fourth-order valence-electron chi connectivity index (χ4n) is 1.23. The average molecular weight is 220 g/mol. The van der Waals surface area contributed by atoms with Gasteiger partial charge in [-0.3, -0.25) is 9.78 Å². The number of halogens is 2. The minimum atomic E-state index is -0.781. The van der Waals surface area contributed by atoms with Crippen LogP contribution in [-0.2, 0) is 0 Å². The molecule has 0 radical (unpaired) electrons. The number of hydrogen-bond acceptors (Lipinski definition) is 3. The van der Waals surface area contributed by atoms with Crippen molar-refractivity contribution in [1.82, 2.24) is 9.97 Å². The lowest BCUT2D eigenvalue weighted by Crippen LogP contribution is -2.07. The van der Waals surface area contributed by atoms with Crippen LogP contribution in [0.2, 0.25) is 0 Å². The van der Waals surface area contributed by atoms with Crippen molar-refractivity contribution in [2.45, 2.75) is 0 Å². The van der Waals surface area contributed by atoms with Crippen LogP contribution < -0.4 is 0 Å². The quantitative estimate of drug-likeness (QED) is 0.727. The highest BCUT2D eigenvalue weighted by Crippen LogP contribution is 2.13. The van der Waals surface area contributed by atoms with Gasteiger partial charge in [0.25, 0.3) is 0 Å². The molecule has 0 aliphatic rings. The topological polar surface area (TPSA) is 42.9 Å². The van der Waals surface area contributed by atoms with Crippen LogP contribution in [0.4, 0.5) is 8.78 Å². The SMILES string of the molecule is O=C(c1cnccn1)c1cc(F)ccc1F. The number of benzene rings is 1. The molecule has 0 amide bonds. The third-order valence-corrected chi connectivity index (χ3v) is 1.97. The number of carbonyl (C=O) groups excluding carboxylic acids is 1. The van der Waals surface area contributed by atoms with Crippen LogP contribution in [0.3, 0.4) is 0 Å². The molecule has 0 saturated carbocycles. The third-order valence-electron chi connectivity index (χ3n) is 1.97. The minimum Gasteiger partial charge on any atom is -0.287 e. The van der Waals surface area contributed by atoms with Gasteiger partial charge >= 0.3 is 0 Å². The van der Waals surface area contributed by atoms with E-state index in [9.17, 15) is 13.6 Å². The van der Waals surface area contributed by atoms with Gasteiger partial charge in [-0.05, 0) is 18.2 Å². The van der Waals surface area contributed by atoms with Crippen LogP contribution in [0.1, 0.15) is 16.1 Å². The fraction of sp³-hybridized carbons (Fsp3) is 0. The Morgan fingerprint density at radius 2 is 2.00 bits per heavy atom. The van der Waals surface area contributed by atoms with Crippen molar-refractivity contribution >= 4 is 5.78 Å². The monoisotopic (exact) mass is 220 g/mol. The van der Waals surface area contributed by atoms with Gasteiger partial charge in [0.05, 0.1) is 11.8 Å². The van der Waals surface area contributed by atoms with Crippen LogP contribution in [0.25, 0.3) is 0 Å². The molecule has 2 aromatic rings. The second-order valence-electron chi connectivity index (χ2n) is 3.04. The molecule has 0 spiro atoms. The van der Waals surface area contributed by atoms with Crippen LogP contribution in [-0.4, -0.2) is 15.8 Å². The Hall–Kier alpha value is -2.17. The number of rotatable bonds is 2. The van der Waals surface area contributed by atoms with Crippen molar-refractivity contribution in [3.05, 3.63) is 59.7 Å². The molecule has 1 heterocycles. The lowest BCUT2D eigenvalue weighted by atomic mass is 10.1. The van der Waals surface area contributed by atoms with E-state index in [4.69, 9.17) is 0 Å². The molecular formula is C11H6F2N2O. The van der Waals surface area contributed by atoms with E-state index in [0.29, 0.717) is 0 Å². The molecule has 1 aromatic heterocycles. The minimum absolute atomic E-state index is 0.0213. The number of hydrogen-bond donors (Lipinski definition) is 0. The second-order valence-corrected chi connectivity index (χ2v) is 3.04. The highest BCUT2D eigenvalue weighted by molar-refractivity contribution is 6.07. The zero-order valence-electron chi connectivity index (χ0n) is 8.02. The van der Waals surface area contributed by atoms with Gasteiger partial charge in [0, 0.05) is 12.4 Å².